The standard InChI is InChI=1S/C18H29N3O4/c1-8-24-16(22)14-13-10-20(17(23)25-18(5,6)7)9-12(4)15(13)21(19-14)11(2)3/h11-12H,8-10H2,1-7H3/t12-/m1/s1. The maximum atomic E-state index is 12.5. The molecule has 0 N–H and O–H groups in total. The Morgan fingerprint density at radius 3 is 2.48 bits per heavy atom. The van der Waals surface area contributed by atoms with Crippen molar-refractivity contribution in [2.75, 3.05) is 13.2 Å². The molecule has 1 aliphatic rings. The molecule has 0 bridgehead atoms. The molecule has 0 aliphatic carbocycles. The van der Waals surface area contributed by atoms with Crippen LogP contribution in [-0.2, 0) is 16.0 Å². The molecule has 0 aromatic carbocycles. The summed E-state index contributed by atoms with van der Waals surface area (Å²) in [5.74, 6) is -0.397. The number of aromatic nitrogens is 2. The lowest BCUT2D eigenvalue weighted by Crippen LogP contribution is -2.41. The van der Waals surface area contributed by atoms with E-state index in [0.717, 1.165) is 11.3 Å². The zero-order valence-electron chi connectivity index (χ0n) is 16.3. The summed E-state index contributed by atoms with van der Waals surface area (Å²) >= 11 is 0. The van der Waals surface area contributed by atoms with Gasteiger partial charge in [-0.25, -0.2) is 9.59 Å². The van der Waals surface area contributed by atoms with Crippen LogP contribution in [0.15, 0.2) is 0 Å². The molecule has 1 amide bonds. The van der Waals surface area contributed by atoms with Gasteiger partial charge in [-0.05, 0) is 41.5 Å². The zero-order chi connectivity index (χ0) is 18.9. The van der Waals surface area contributed by atoms with Crippen LogP contribution in [0.4, 0.5) is 4.79 Å². The molecule has 0 saturated heterocycles. The van der Waals surface area contributed by atoms with Crippen molar-refractivity contribution in [3.8, 4) is 0 Å². The normalized spacial score (nSPS) is 17.4. The van der Waals surface area contributed by atoms with Gasteiger partial charge in [-0.1, -0.05) is 6.92 Å². The Kier molecular flexibility index (Phi) is 5.44. The fourth-order valence-electron chi connectivity index (χ4n) is 3.06. The van der Waals surface area contributed by atoms with Crippen LogP contribution >= 0.6 is 0 Å². The van der Waals surface area contributed by atoms with E-state index in [2.05, 4.69) is 5.10 Å². The van der Waals surface area contributed by atoms with E-state index >= 15 is 0 Å². The molecule has 2 heterocycles. The van der Waals surface area contributed by atoms with Crippen LogP contribution in [0.2, 0.25) is 0 Å². The number of carbonyl (C=O) groups is 2. The van der Waals surface area contributed by atoms with Crippen molar-refractivity contribution in [3.05, 3.63) is 17.0 Å². The van der Waals surface area contributed by atoms with E-state index in [0.29, 0.717) is 18.8 Å². The minimum absolute atomic E-state index is 0.0503. The van der Waals surface area contributed by atoms with Crippen molar-refractivity contribution in [1.82, 2.24) is 14.7 Å². The van der Waals surface area contributed by atoms with Crippen molar-refractivity contribution in [2.45, 2.75) is 72.6 Å². The summed E-state index contributed by atoms with van der Waals surface area (Å²) in [5, 5.41) is 4.49. The number of carbonyl (C=O) groups excluding carboxylic acids is 2. The van der Waals surface area contributed by atoms with Gasteiger partial charge in [-0.2, -0.15) is 5.10 Å². The van der Waals surface area contributed by atoms with Crippen LogP contribution in [0.5, 0.6) is 0 Å². The summed E-state index contributed by atoms with van der Waals surface area (Å²) in [6, 6.07) is 0.118. The molecule has 0 unspecified atom stereocenters. The number of nitrogens with zero attached hydrogens (tertiary/aromatic N) is 3. The molecule has 1 aromatic heterocycles. The van der Waals surface area contributed by atoms with E-state index < -0.39 is 11.6 Å². The lowest BCUT2D eigenvalue weighted by molar-refractivity contribution is 0.0203. The van der Waals surface area contributed by atoms with E-state index in [1.807, 2.05) is 46.2 Å². The number of amides is 1. The summed E-state index contributed by atoms with van der Waals surface area (Å²) in [7, 11) is 0. The summed E-state index contributed by atoms with van der Waals surface area (Å²) in [6.45, 7) is 14.5. The first-order valence-corrected chi connectivity index (χ1v) is 8.81. The fraction of sp³-hybridized carbons (Fsp3) is 0.722. The molecule has 140 valence electrons. The van der Waals surface area contributed by atoms with E-state index in [1.165, 1.54) is 0 Å². The monoisotopic (exact) mass is 351 g/mol. The highest BCUT2D eigenvalue weighted by atomic mass is 16.6. The van der Waals surface area contributed by atoms with Gasteiger partial charge >= 0.3 is 12.1 Å². The highest BCUT2D eigenvalue weighted by molar-refractivity contribution is 5.89. The minimum Gasteiger partial charge on any atom is -0.461 e. The van der Waals surface area contributed by atoms with Crippen molar-refractivity contribution in [3.63, 3.8) is 0 Å². The predicted molar refractivity (Wildman–Crippen MR) is 93.6 cm³/mol. The number of hydrogen-bond acceptors (Lipinski definition) is 5. The van der Waals surface area contributed by atoms with E-state index in [1.54, 1.807) is 11.8 Å². The van der Waals surface area contributed by atoms with Crippen LogP contribution in [0.25, 0.3) is 0 Å². The topological polar surface area (TPSA) is 73.7 Å². The SMILES string of the molecule is CCOC(=O)c1nn(C(C)C)c2c1CN(C(=O)OC(C)(C)C)C[C@H]2C. The third-order valence-electron chi connectivity index (χ3n) is 3.97. The highest BCUT2D eigenvalue weighted by Gasteiger charge is 2.36. The molecule has 0 saturated carbocycles. The van der Waals surface area contributed by atoms with Crippen molar-refractivity contribution in [2.24, 2.45) is 0 Å². The number of rotatable bonds is 3. The summed E-state index contributed by atoms with van der Waals surface area (Å²) in [5.41, 5.74) is 1.49. The van der Waals surface area contributed by atoms with Gasteiger partial charge in [0, 0.05) is 29.8 Å². The maximum Gasteiger partial charge on any atom is 0.410 e. The molecule has 0 radical (unpaired) electrons. The predicted octanol–water partition coefficient (Wildman–Crippen LogP) is 3.49. The van der Waals surface area contributed by atoms with Crippen LogP contribution < -0.4 is 0 Å². The first-order valence-electron chi connectivity index (χ1n) is 8.81. The second-order valence-electron chi connectivity index (χ2n) is 7.73. The lowest BCUT2D eigenvalue weighted by Gasteiger charge is -2.33. The van der Waals surface area contributed by atoms with Crippen LogP contribution in [0.3, 0.4) is 0 Å². The lowest BCUT2D eigenvalue weighted by atomic mass is 9.96. The van der Waals surface area contributed by atoms with Gasteiger partial charge in [0.15, 0.2) is 5.69 Å². The van der Waals surface area contributed by atoms with Gasteiger partial charge in [0.25, 0.3) is 0 Å². The van der Waals surface area contributed by atoms with Gasteiger partial charge < -0.3 is 14.4 Å². The molecule has 0 fully saturated rings. The molecule has 1 aromatic rings. The molecule has 7 heteroatoms. The van der Waals surface area contributed by atoms with Crippen molar-refractivity contribution >= 4 is 12.1 Å². The molecule has 25 heavy (non-hydrogen) atoms. The first-order chi connectivity index (χ1) is 11.5. The first kappa shape index (κ1) is 19.3. The summed E-state index contributed by atoms with van der Waals surface area (Å²) in [6.07, 6.45) is -0.378. The van der Waals surface area contributed by atoms with Crippen LogP contribution in [0.1, 0.15) is 82.2 Å². The fourth-order valence-corrected chi connectivity index (χ4v) is 3.06. The Morgan fingerprint density at radius 2 is 1.96 bits per heavy atom. The Bertz CT molecular complexity index is 658. The average molecular weight is 351 g/mol. The Labute approximate surface area is 149 Å². The summed E-state index contributed by atoms with van der Waals surface area (Å²) < 4.78 is 12.5. The average Bonchev–Trinajstić information content (AvgIpc) is 2.86. The number of hydrogen-bond donors (Lipinski definition) is 0. The van der Waals surface area contributed by atoms with Gasteiger partial charge in [-0.15, -0.1) is 0 Å². The maximum absolute atomic E-state index is 12.5. The molecule has 7 nitrogen and oxygen atoms in total. The molecule has 2 rings (SSSR count). The zero-order valence-corrected chi connectivity index (χ0v) is 16.3. The van der Waals surface area contributed by atoms with Gasteiger partial charge in [0.1, 0.15) is 5.60 Å². The number of ether oxygens (including phenoxy) is 2. The molecular weight excluding hydrogens is 322 g/mol. The molecule has 1 atom stereocenters. The van der Waals surface area contributed by atoms with E-state index in [-0.39, 0.29) is 24.7 Å². The van der Waals surface area contributed by atoms with E-state index in [4.69, 9.17) is 9.47 Å². The number of esters is 1. The molecule has 0 spiro atoms. The Hall–Kier alpha value is -2.05. The van der Waals surface area contributed by atoms with Crippen LogP contribution in [0, 0.1) is 0 Å². The van der Waals surface area contributed by atoms with Gasteiger partial charge in [0.05, 0.1) is 13.2 Å². The quantitative estimate of drug-likeness (QED) is 0.779. The summed E-state index contributed by atoms with van der Waals surface area (Å²) in [4.78, 5) is 26.4. The third-order valence-corrected chi connectivity index (χ3v) is 3.97. The molecule has 1 aliphatic heterocycles. The second-order valence-corrected chi connectivity index (χ2v) is 7.73. The van der Waals surface area contributed by atoms with E-state index in [9.17, 15) is 9.59 Å². The highest BCUT2D eigenvalue weighted by Crippen LogP contribution is 2.33. The second kappa shape index (κ2) is 7.06. The largest absolute Gasteiger partial charge is 0.461 e. The third kappa shape index (κ3) is 4.14. The van der Waals surface area contributed by atoms with Crippen molar-refractivity contribution in [1.29, 1.82) is 0 Å². The van der Waals surface area contributed by atoms with Gasteiger partial charge in [0.2, 0.25) is 0 Å². The van der Waals surface area contributed by atoms with Gasteiger partial charge in [-0.3, -0.25) is 4.68 Å². The Morgan fingerprint density at radius 1 is 1.32 bits per heavy atom. The Balaban J connectivity index is 2.40. The molecular formula is C18H29N3O4. The van der Waals surface area contributed by atoms with Crippen molar-refractivity contribution < 1.29 is 19.1 Å². The minimum atomic E-state index is -0.563. The van der Waals surface area contributed by atoms with Crippen LogP contribution in [-0.4, -0.2) is 45.5 Å². The smallest absolute Gasteiger partial charge is 0.410 e. The number of fused-ring (bicyclic) bond motifs is 1.